The van der Waals surface area contributed by atoms with Crippen molar-refractivity contribution in [3.8, 4) is 0 Å². The lowest BCUT2D eigenvalue weighted by atomic mass is 10.1. The molecule has 1 aromatic rings. The number of carbonyl (C=O) groups is 2. The zero-order chi connectivity index (χ0) is 12.3. The molecule has 0 aliphatic rings. The summed E-state index contributed by atoms with van der Waals surface area (Å²) in [6.07, 6.45) is -0.131. The van der Waals surface area contributed by atoms with E-state index in [0.717, 1.165) is 10.6 Å². The number of carboxylic acid groups (broad SMARTS) is 1. The van der Waals surface area contributed by atoms with Gasteiger partial charge in [-0.05, 0) is 23.9 Å². The van der Waals surface area contributed by atoms with Gasteiger partial charge in [-0.3, -0.25) is 9.59 Å². The molecule has 1 amide bonds. The van der Waals surface area contributed by atoms with E-state index in [0.29, 0.717) is 0 Å². The lowest BCUT2D eigenvalue weighted by molar-refractivity contribution is -0.140. The van der Waals surface area contributed by atoms with Crippen LogP contribution in [0, 0.1) is 12.8 Å². The Labute approximate surface area is 98.5 Å². The number of amides is 1. The molecule has 16 heavy (non-hydrogen) atoms. The molecule has 4 nitrogen and oxygen atoms in total. The molecule has 1 heterocycles. The molecule has 1 rings (SSSR count). The van der Waals surface area contributed by atoms with E-state index >= 15 is 0 Å². The van der Waals surface area contributed by atoms with Crippen LogP contribution in [0.1, 0.15) is 18.9 Å². The molecule has 0 bridgehead atoms. The largest absolute Gasteiger partial charge is 0.481 e. The van der Waals surface area contributed by atoms with Crippen LogP contribution in [0.15, 0.2) is 11.4 Å². The number of carbonyl (C=O) groups excluding carboxylic acids is 1. The Kier molecular flexibility index (Phi) is 4.06. The van der Waals surface area contributed by atoms with Gasteiger partial charge in [0, 0.05) is 13.0 Å². The summed E-state index contributed by atoms with van der Waals surface area (Å²) in [5.41, 5.74) is 1.03. The monoisotopic (exact) mass is 241 g/mol. The highest BCUT2D eigenvalue weighted by Gasteiger charge is 2.22. The zero-order valence-electron chi connectivity index (χ0n) is 9.56. The van der Waals surface area contributed by atoms with Crippen LogP contribution >= 0.6 is 11.3 Å². The van der Waals surface area contributed by atoms with Crippen molar-refractivity contribution in [2.75, 3.05) is 11.9 Å². The zero-order valence-corrected chi connectivity index (χ0v) is 10.4. The van der Waals surface area contributed by atoms with Crippen LogP contribution in [0.4, 0.5) is 5.00 Å². The van der Waals surface area contributed by atoms with Gasteiger partial charge in [0.1, 0.15) is 5.00 Å². The lowest BCUT2D eigenvalue weighted by Gasteiger charge is -2.19. The highest BCUT2D eigenvalue weighted by Crippen LogP contribution is 2.27. The molecule has 1 aromatic heterocycles. The molecule has 1 atom stereocenters. The normalized spacial score (nSPS) is 12.2. The van der Waals surface area contributed by atoms with Crippen LogP contribution in [0.3, 0.4) is 0 Å². The third-order valence-electron chi connectivity index (χ3n) is 2.37. The lowest BCUT2D eigenvalue weighted by Crippen LogP contribution is -2.32. The second-order valence-electron chi connectivity index (χ2n) is 3.80. The standard InChI is InChI=1S/C11H15NO3S/c1-7-4-5-16-11(7)12(3)10(15)8(2)6-9(13)14/h4-5,8H,6H2,1-3H3,(H,13,14). The summed E-state index contributed by atoms with van der Waals surface area (Å²) in [6.45, 7) is 3.56. The number of nitrogens with zero attached hydrogens (tertiary/aromatic N) is 1. The van der Waals surface area contributed by atoms with Gasteiger partial charge in [0.2, 0.25) is 5.91 Å². The molecule has 1 unspecified atom stereocenters. The highest BCUT2D eigenvalue weighted by atomic mass is 32.1. The number of rotatable bonds is 4. The van der Waals surface area contributed by atoms with Crippen molar-refractivity contribution in [3.05, 3.63) is 17.0 Å². The predicted octanol–water partition coefficient (Wildman–Crippen LogP) is 2.13. The van der Waals surface area contributed by atoms with E-state index in [2.05, 4.69) is 0 Å². The van der Waals surface area contributed by atoms with Crippen LogP contribution in [0.25, 0.3) is 0 Å². The maximum Gasteiger partial charge on any atom is 0.304 e. The molecule has 0 aliphatic carbocycles. The SMILES string of the molecule is Cc1ccsc1N(C)C(=O)C(C)CC(=O)O. The van der Waals surface area contributed by atoms with Crippen molar-refractivity contribution in [2.24, 2.45) is 5.92 Å². The van der Waals surface area contributed by atoms with Gasteiger partial charge < -0.3 is 10.0 Å². The van der Waals surface area contributed by atoms with Crippen LogP contribution < -0.4 is 4.90 Å². The first-order chi connectivity index (χ1) is 7.43. The van der Waals surface area contributed by atoms with E-state index in [1.54, 1.807) is 14.0 Å². The Bertz CT molecular complexity index is 400. The Morgan fingerprint density at radius 2 is 2.19 bits per heavy atom. The molecule has 5 heteroatoms. The average molecular weight is 241 g/mol. The second-order valence-corrected chi connectivity index (χ2v) is 4.70. The number of aryl methyl sites for hydroxylation is 1. The second kappa shape index (κ2) is 5.12. The number of hydrogen-bond donors (Lipinski definition) is 1. The Hall–Kier alpha value is -1.36. The molecule has 0 radical (unpaired) electrons. The third-order valence-corrected chi connectivity index (χ3v) is 3.46. The first-order valence-corrected chi connectivity index (χ1v) is 5.85. The van der Waals surface area contributed by atoms with E-state index in [9.17, 15) is 9.59 Å². The van der Waals surface area contributed by atoms with Crippen LogP contribution in [-0.4, -0.2) is 24.0 Å². The van der Waals surface area contributed by atoms with Crippen molar-refractivity contribution in [1.82, 2.24) is 0 Å². The summed E-state index contributed by atoms with van der Waals surface area (Å²) in [4.78, 5) is 24.0. The van der Waals surface area contributed by atoms with E-state index in [4.69, 9.17) is 5.11 Å². The first kappa shape index (κ1) is 12.7. The summed E-state index contributed by atoms with van der Waals surface area (Å²) in [5, 5.41) is 11.4. The fraction of sp³-hybridized carbons (Fsp3) is 0.455. The molecule has 0 spiro atoms. The summed E-state index contributed by atoms with van der Waals surface area (Å²) >= 11 is 1.48. The Morgan fingerprint density at radius 1 is 1.56 bits per heavy atom. The van der Waals surface area contributed by atoms with E-state index < -0.39 is 11.9 Å². The highest BCUT2D eigenvalue weighted by molar-refractivity contribution is 7.14. The molecule has 1 N–H and O–H groups in total. The summed E-state index contributed by atoms with van der Waals surface area (Å²) in [6, 6.07) is 1.94. The van der Waals surface area contributed by atoms with Gasteiger partial charge in [-0.2, -0.15) is 0 Å². The minimum atomic E-state index is -0.947. The number of hydrogen-bond acceptors (Lipinski definition) is 3. The van der Waals surface area contributed by atoms with Crippen molar-refractivity contribution >= 4 is 28.2 Å². The molecule has 0 saturated carbocycles. The first-order valence-electron chi connectivity index (χ1n) is 4.97. The number of thiophene rings is 1. The summed E-state index contributed by atoms with van der Waals surface area (Å²) in [5.74, 6) is -1.60. The maximum atomic E-state index is 11.9. The van der Waals surface area contributed by atoms with Gasteiger partial charge in [0.25, 0.3) is 0 Å². The summed E-state index contributed by atoms with van der Waals surface area (Å²) in [7, 11) is 1.68. The molecule has 0 fully saturated rings. The predicted molar refractivity (Wildman–Crippen MR) is 63.9 cm³/mol. The van der Waals surface area contributed by atoms with E-state index in [1.807, 2.05) is 18.4 Å². The summed E-state index contributed by atoms with van der Waals surface area (Å²) < 4.78 is 0. The Morgan fingerprint density at radius 3 is 2.62 bits per heavy atom. The third kappa shape index (κ3) is 2.82. The molecule has 0 saturated heterocycles. The smallest absolute Gasteiger partial charge is 0.304 e. The number of carboxylic acids is 1. The molecular formula is C11H15NO3S. The minimum Gasteiger partial charge on any atom is -0.481 e. The van der Waals surface area contributed by atoms with Gasteiger partial charge in [-0.25, -0.2) is 0 Å². The number of anilines is 1. The van der Waals surface area contributed by atoms with Crippen molar-refractivity contribution in [1.29, 1.82) is 0 Å². The van der Waals surface area contributed by atoms with Crippen LogP contribution in [0.2, 0.25) is 0 Å². The molecule has 88 valence electrons. The number of aliphatic carboxylic acids is 1. The van der Waals surface area contributed by atoms with Gasteiger partial charge in [-0.15, -0.1) is 11.3 Å². The van der Waals surface area contributed by atoms with Gasteiger partial charge in [0.15, 0.2) is 0 Å². The van der Waals surface area contributed by atoms with E-state index in [1.165, 1.54) is 16.2 Å². The van der Waals surface area contributed by atoms with Gasteiger partial charge in [0.05, 0.1) is 6.42 Å². The Balaban J connectivity index is 2.75. The maximum absolute atomic E-state index is 11.9. The average Bonchev–Trinajstić information content (AvgIpc) is 2.61. The fourth-order valence-corrected chi connectivity index (χ4v) is 2.39. The van der Waals surface area contributed by atoms with Crippen LogP contribution in [0.5, 0.6) is 0 Å². The van der Waals surface area contributed by atoms with Crippen molar-refractivity contribution < 1.29 is 14.7 Å². The quantitative estimate of drug-likeness (QED) is 0.878. The molecular weight excluding hydrogens is 226 g/mol. The van der Waals surface area contributed by atoms with Crippen molar-refractivity contribution in [3.63, 3.8) is 0 Å². The fourth-order valence-electron chi connectivity index (χ4n) is 1.49. The van der Waals surface area contributed by atoms with Crippen LogP contribution in [-0.2, 0) is 9.59 Å². The van der Waals surface area contributed by atoms with Crippen molar-refractivity contribution in [2.45, 2.75) is 20.3 Å². The van der Waals surface area contributed by atoms with E-state index in [-0.39, 0.29) is 12.3 Å². The minimum absolute atomic E-state index is 0.131. The van der Waals surface area contributed by atoms with Gasteiger partial charge >= 0.3 is 5.97 Å². The topological polar surface area (TPSA) is 57.6 Å². The molecule has 0 aliphatic heterocycles. The molecule has 0 aromatic carbocycles. The van der Waals surface area contributed by atoms with Gasteiger partial charge in [-0.1, -0.05) is 6.92 Å².